The Morgan fingerprint density at radius 2 is 1.93 bits per heavy atom. The second kappa shape index (κ2) is 6.46. The molecule has 0 bridgehead atoms. The fourth-order valence-electron chi connectivity index (χ4n) is 2.25. The lowest BCUT2D eigenvalue weighted by Gasteiger charge is -2.39. The number of nitrogens with one attached hydrogen (secondary N) is 1. The van der Waals surface area contributed by atoms with Crippen LogP contribution in [0.2, 0.25) is 0 Å². The van der Waals surface area contributed by atoms with Crippen molar-refractivity contribution < 1.29 is 4.74 Å². The van der Waals surface area contributed by atoms with Gasteiger partial charge in [0.1, 0.15) is 0 Å². The molecule has 3 atom stereocenters. The highest BCUT2D eigenvalue weighted by atomic mass is 16.5. The van der Waals surface area contributed by atoms with Crippen LogP contribution in [0.1, 0.15) is 34.1 Å². The Labute approximate surface area is 94.2 Å². The van der Waals surface area contributed by atoms with Crippen LogP contribution in [-0.4, -0.2) is 49.3 Å². The molecule has 90 valence electrons. The third kappa shape index (κ3) is 4.49. The van der Waals surface area contributed by atoms with E-state index in [4.69, 9.17) is 4.74 Å². The minimum Gasteiger partial charge on any atom is -0.373 e. The molecule has 1 fully saturated rings. The molecule has 1 aliphatic rings. The van der Waals surface area contributed by atoms with Crippen molar-refractivity contribution in [1.29, 1.82) is 0 Å². The van der Waals surface area contributed by atoms with E-state index in [1.807, 2.05) is 0 Å². The first-order valence-electron chi connectivity index (χ1n) is 6.23. The minimum absolute atomic E-state index is 0.385. The van der Waals surface area contributed by atoms with Crippen molar-refractivity contribution in [3.8, 4) is 0 Å². The Bertz CT molecular complexity index is 165. The topological polar surface area (TPSA) is 24.5 Å². The predicted octanol–water partition coefficient (Wildman–Crippen LogP) is 1.48. The van der Waals surface area contributed by atoms with Crippen molar-refractivity contribution in [2.45, 2.75) is 52.4 Å². The Hall–Kier alpha value is -0.120. The van der Waals surface area contributed by atoms with Crippen LogP contribution < -0.4 is 5.32 Å². The minimum atomic E-state index is 0.385. The van der Waals surface area contributed by atoms with E-state index in [0.29, 0.717) is 18.2 Å². The van der Waals surface area contributed by atoms with Gasteiger partial charge in [-0.15, -0.1) is 0 Å². The average molecular weight is 214 g/mol. The van der Waals surface area contributed by atoms with E-state index < -0.39 is 0 Å². The van der Waals surface area contributed by atoms with Gasteiger partial charge in [-0.25, -0.2) is 0 Å². The van der Waals surface area contributed by atoms with Crippen LogP contribution >= 0.6 is 0 Å². The van der Waals surface area contributed by atoms with Crippen LogP contribution in [0.3, 0.4) is 0 Å². The number of hydrogen-bond donors (Lipinski definition) is 1. The van der Waals surface area contributed by atoms with E-state index in [9.17, 15) is 0 Å². The molecule has 3 heteroatoms. The summed E-state index contributed by atoms with van der Waals surface area (Å²) in [4.78, 5) is 2.55. The van der Waals surface area contributed by atoms with Crippen molar-refractivity contribution in [1.82, 2.24) is 10.2 Å². The summed E-state index contributed by atoms with van der Waals surface area (Å²) in [5.74, 6) is 0. The summed E-state index contributed by atoms with van der Waals surface area (Å²) in [5.41, 5.74) is 0. The monoisotopic (exact) mass is 214 g/mol. The molecule has 1 rings (SSSR count). The Balaban J connectivity index is 2.28. The fraction of sp³-hybridized carbons (Fsp3) is 1.00. The lowest BCUT2D eigenvalue weighted by atomic mass is 10.1. The first-order valence-corrected chi connectivity index (χ1v) is 6.23. The molecule has 3 nitrogen and oxygen atoms in total. The second-order valence-corrected chi connectivity index (χ2v) is 4.70. The average Bonchev–Trinajstić information content (AvgIpc) is 2.16. The van der Waals surface area contributed by atoms with Gasteiger partial charge in [0.05, 0.1) is 12.2 Å². The molecule has 0 radical (unpaired) electrons. The molecule has 3 unspecified atom stereocenters. The number of hydrogen-bond acceptors (Lipinski definition) is 3. The second-order valence-electron chi connectivity index (χ2n) is 4.70. The van der Waals surface area contributed by atoms with Crippen molar-refractivity contribution in [3.63, 3.8) is 0 Å². The maximum Gasteiger partial charge on any atom is 0.0678 e. The molecule has 0 aliphatic carbocycles. The quantitative estimate of drug-likeness (QED) is 0.702. The molecule has 1 heterocycles. The molecule has 0 saturated carbocycles. The van der Waals surface area contributed by atoms with E-state index in [-0.39, 0.29) is 0 Å². The van der Waals surface area contributed by atoms with E-state index in [2.05, 4.69) is 37.9 Å². The number of ether oxygens (including phenoxy) is 1. The van der Waals surface area contributed by atoms with Gasteiger partial charge in [0, 0.05) is 19.1 Å². The first kappa shape index (κ1) is 12.9. The van der Waals surface area contributed by atoms with Crippen LogP contribution in [-0.2, 0) is 4.74 Å². The number of morpholine rings is 1. The molecular weight excluding hydrogens is 188 g/mol. The smallest absolute Gasteiger partial charge is 0.0678 e. The van der Waals surface area contributed by atoms with E-state index >= 15 is 0 Å². The van der Waals surface area contributed by atoms with Gasteiger partial charge < -0.3 is 10.1 Å². The van der Waals surface area contributed by atoms with Gasteiger partial charge in [-0.3, -0.25) is 4.90 Å². The third-order valence-corrected chi connectivity index (χ3v) is 3.06. The fourth-order valence-corrected chi connectivity index (χ4v) is 2.25. The Morgan fingerprint density at radius 1 is 1.33 bits per heavy atom. The van der Waals surface area contributed by atoms with Gasteiger partial charge >= 0.3 is 0 Å². The lowest BCUT2D eigenvalue weighted by molar-refractivity contribution is -0.0790. The molecule has 0 spiro atoms. The number of rotatable bonds is 5. The van der Waals surface area contributed by atoms with Gasteiger partial charge in [-0.1, -0.05) is 6.92 Å². The third-order valence-electron chi connectivity index (χ3n) is 3.06. The highest BCUT2D eigenvalue weighted by Crippen LogP contribution is 2.14. The van der Waals surface area contributed by atoms with E-state index in [0.717, 1.165) is 26.2 Å². The molecule has 15 heavy (non-hydrogen) atoms. The molecule has 1 saturated heterocycles. The Kier molecular flexibility index (Phi) is 5.58. The largest absolute Gasteiger partial charge is 0.373 e. The highest BCUT2D eigenvalue weighted by molar-refractivity contribution is 4.77. The summed E-state index contributed by atoms with van der Waals surface area (Å²) in [5, 5.41) is 3.38. The predicted molar refractivity (Wildman–Crippen MR) is 64.2 cm³/mol. The van der Waals surface area contributed by atoms with Gasteiger partial charge in [-0.2, -0.15) is 0 Å². The van der Waals surface area contributed by atoms with Gasteiger partial charge in [0.15, 0.2) is 0 Å². The van der Waals surface area contributed by atoms with Crippen LogP contribution in [0.5, 0.6) is 0 Å². The summed E-state index contributed by atoms with van der Waals surface area (Å²) in [6, 6.07) is 0.665. The maximum atomic E-state index is 5.73. The molecule has 1 aliphatic heterocycles. The first-order chi connectivity index (χ1) is 7.13. The summed E-state index contributed by atoms with van der Waals surface area (Å²) in [6.07, 6.45) is 2.00. The standard InChI is InChI=1S/C12H26N2O/c1-5-13-7-6-10(2)14-8-11(3)15-12(4)9-14/h10-13H,5-9H2,1-4H3. The molecular formula is C12H26N2O. The summed E-state index contributed by atoms with van der Waals surface area (Å²) >= 11 is 0. The lowest BCUT2D eigenvalue weighted by Crippen LogP contribution is -2.49. The molecule has 0 amide bonds. The van der Waals surface area contributed by atoms with Crippen LogP contribution in [0, 0.1) is 0 Å². The van der Waals surface area contributed by atoms with Crippen molar-refractivity contribution >= 4 is 0 Å². The van der Waals surface area contributed by atoms with Gasteiger partial charge in [0.25, 0.3) is 0 Å². The van der Waals surface area contributed by atoms with E-state index in [1.165, 1.54) is 6.42 Å². The zero-order valence-corrected chi connectivity index (χ0v) is 10.6. The van der Waals surface area contributed by atoms with Gasteiger partial charge in [-0.05, 0) is 40.3 Å². The van der Waals surface area contributed by atoms with Crippen LogP contribution in [0.25, 0.3) is 0 Å². The molecule has 1 N–H and O–H groups in total. The molecule has 0 aromatic rings. The van der Waals surface area contributed by atoms with Crippen molar-refractivity contribution in [3.05, 3.63) is 0 Å². The Morgan fingerprint density at radius 3 is 2.47 bits per heavy atom. The normalized spacial score (nSPS) is 30.4. The SMILES string of the molecule is CCNCCC(C)N1CC(C)OC(C)C1. The zero-order valence-electron chi connectivity index (χ0n) is 10.6. The van der Waals surface area contributed by atoms with Crippen molar-refractivity contribution in [2.75, 3.05) is 26.2 Å². The summed E-state index contributed by atoms with van der Waals surface area (Å²) in [7, 11) is 0. The zero-order chi connectivity index (χ0) is 11.3. The summed E-state index contributed by atoms with van der Waals surface area (Å²) in [6.45, 7) is 13.2. The maximum absolute atomic E-state index is 5.73. The van der Waals surface area contributed by atoms with E-state index in [1.54, 1.807) is 0 Å². The van der Waals surface area contributed by atoms with Crippen LogP contribution in [0.4, 0.5) is 0 Å². The molecule has 0 aromatic heterocycles. The molecule has 0 aromatic carbocycles. The highest BCUT2D eigenvalue weighted by Gasteiger charge is 2.25. The van der Waals surface area contributed by atoms with Crippen LogP contribution in [0.15, 0.2) is 0 Å². The number of nitrogens with zero attached hydrogens (tertiary/aromatic N) is 1. The summed E-state index contributed by atoms with van der Waals surface area (Å²) < 4.78 is 5.73. The van der Waals surface area contributed by atoms with Gasteiger partial charge in [0.2, 0.25) is 0 Å². The van der Waals surface area contributed by atoms with Crippen molar-refractivity contribution in [2.24, 2.45) is 0 Å².